The van der Waals surface area contributed by atoms with Crippen molar-refractivity contribution in [2.24, 2.45) is 5.92 Å². The Balaban J connectivity index is 1.38. The molecule has 9 nitrogen and oxygen atoms in total. The topological polar surface area (TPSA) is 106 Å². The average Bonchev–Trinajstić information content (AvgIpc) is 3.32. The van der Waals surface area contributed by atoms with Crippen LogP contribution in [0.1, 0.15) is 23.2 Å². The molecule has 1 aliphatic rings. The molecule has 0 spiro atoms. The van der Waals surface area contributed by atoms with Crippen LogP contribution in [0.4, 0.5) is 5.82 Å². The third-order valence-corrected chi connectivity index (χ3v) is 9.01. The lowest BCUT2D eigenvalue weighted by molar-refractivity contribution is 0.0596. The van der Waals surface area contributed by atoms with E-state index in [1.165, 1.54) is 23.5 Å². The molecule has 4 aromatic rings. The molecule has 0 bridgehead atoms. The first kappa shape index (κ1) is 26.2. The number of piperidine rings is 1. The molecule has 12 heteroatoms. The SMILES string of the molecule is Bc1cnn2c(NCC3CCCN(S(=O)(=O)c4ccccc4C(=O)OC)C3)cc(-c3ccccc3Cl)nc12. The van der Waals surface area contributed by atoms with E-state index in [0.717, 1.165) is 34.6 Å². The predicted octanol–water partition coefficient (Wildman–Crippen LogP) is 2.61. The Morgan fingerprint density at radius 1 is 1.21 bits per heavy atom. The van der Waals surface area contributed by atoms with Gasteiger partial charge in [-0.15, -0.1) is 0 Å². The number of rotatable bonds is 7. The molecule has 1 aliphatic heterocycles. The fraction of sp³-hybridized carbons (Fsp3) is 0.269. The van der Waals surface area contributed by atoms with Gasteiger partial charge in [-0.1, -0.05) is 41.9 Å². The van der Waals surface area contributed by atoms with Crippen LogP contribution in [0, 0.1) is 5.92 Å². The van der Waals surface area contributed by atoms with Crippen LogP contribution in [0.2, 0.25) is 5.02 Å². The highest BCUT2D eigenvalue weighted by molar-refractivity contribution is 7.89. The Bertz CT molecular complexity index is 1610. The number of fused-ring (bicyclic) bond motifs is 1. The van der Waals surface area contributed by atoms with Crippen molar-refractivity contribution in [3.63, 3.8) is 0 Å². The summed E-state index contributed by atoms with van der Waals surface area (Å²) in [6.45, 7) is 1.25. The Morgan fingerprint density at radius 2 is 1.97 bits per heavy atom. The van der Waals surface area contributed by atoms with E-state index in [1.807, 2.05) is 38.2 Å². The molecule has 1 fully saturated rings. The molecule has 2 aromatic heterocycles. The second kappa shape index (κ2) is 10.8. The summed E-state index contributed by atoms with van der Waals surface area (Å²) >= 11 is 6.45. The lowest BCUT2D eigenvalue weighted by atomic mass is 9.99. The number of carbonyl (C=O) groups is 1. The number of nitrogens with zero attached hydrogens (tertiary/aromatic N) is 4. The van der Waals surface area contributed by atoms with E-state index in [1.54, 1.807) is 22.8 Å². The Kier molecular flexibility index (Phi) is 7.42. The Morgan fingerprint density at radius 3 is 2.76 bits per heavy atom. The van der Waals surface area contributed by atoms with Crippen LogP contribution in [-0.4, -0.2) is 67.9 Å². The minimum Gasteiger partial charge on any atom is -0.465 e. The average molecular weight is 552 g/mol. The summed E-state index contributed by atoms with van der Waals surface area (Å²) in [4.78, 5) is 17.0. The van der Waals surface area contributed by atoms with Gasteiger partial charge in [0, 0.05) is 42.5 Å². The number of hydrogen-bond acceptors (Lipinski definition) is 7. The van der Waals surface area contributed by atoms with E-state index in [9.17, 15) is 13.2 Å². The maximum absolute atomic E-state index is 13.5. The first-order chi connectivity index (χ1) is 18.3. The molecule has 0 aliphatic carbocycles. The Hall–Kier alpha value is -3.41. The number of nitrogens with one attached hydrogen (secondary N) is 1. The molecule has 0 radical (unpaired) electrons. The highest BCUT2D eigenvalue weighted by atomic mass is 35.5. The van der Waals surface area contributed by atoms with Crippen molar-refractivity contribution in [1.29, 1.82) is 0 Å². The maximum Gasteiger partial charge on any atom is 0.339 e. The second-order valence-electron chi connectivity index (χ2n) is 9.31. The molecule has 1 saturated heterocycles. The van der Waals surface area contributed by atoms with E-state index in [4.69, 9.17) is 21.3 Å². The molecule has 3 heterocycles. The van der Waals surface area contributed by atoms with E-state index in [-0.39, 0.29) is 16.4 Å². The minimum absolute atomic E-state index is 0.0345. The molecule has 2 aromatic carbocycles. The van der Waals surface area contributed by atoms with Gasteiger partial charge in [-0.25, -0.2) is 18.2 Å². The van der Waals surface area contributed by atoms with Crippen molar-refractivity contribution in [3.8, 4) is 11.3 Å². The molecule has 1 unspecified atom stereocenters. The normalized spacial score (nSPS) is 16.4. The highest BCUT2D eigenvalue weighted by Gasteiger charge is 2.33. The quantitative estimate of drug-likeness (QED) is 0.278. The molecule has 0 amide bonds. The number of aromatic nitrogens is 3. The zero-order valence-electron chi connectivity index (χ0n) is 21.1. The van der Waals surface area contributed by atoms with Crippen molar-refractivity contribution < 1.29 is 17.9 Å². The van der Waals surface area contributed by atoms with Crippen LogP contribution in [0.15, 0.2) is 65.7 Å². The van der Waals surface area contributed by atoms with Gasteiger partial charge in [0.15, 0.2) is 5.65 Å². The molecule has 1 atom stereocenters. The number of esters is 1. The second-order valence-corrected chi connectivity index (χ2v) is 11.6. The van der Waals surface area contributed by atoms with Crippen LogP contribution in [0.25, 0.3) is 16.9 Å². The number of methoxy groups -OCH3 is 1. The number of anilines is 1. The van der Waals surface area contributed by atoms with Crippen molar-refractivity contribution in [2.45, 2.75) is 17.7 Å². The van der Waals surface area contributed by atoms with Gasteiger partial charge in [-0.3, -0.25) is 0 Å². The van der Waals surface area contributed by atoms with Gasteiger partial charge in [0.2, 0.25) is 10.0 Å². The summed E-state index contributed by atoms with van der Waals surface area (Å²) in [6.07, 6.45) is 3.34. The summed E-state index contributed by atoms with van der Waals surface area (Å²) in [5.41, 5.74) is 3.23. The molecular weight excluding hydrogens is 525 g/mol. The van der Waals surface area contributed by atoms with Crippen LogP contribution < -0.4 is 10.8 Å². The van der Waals surface area contributed by atoms with Gasteiger partial charge in [0.05, 0.1) is 23.3 Å². The lowest BCUT2D eigenvalue weighted by Crippen LogP contribution is -2.42. The maximum atomic E-state index is 13.5. The van der Waals surface area contributed by atoms with Gasteiger partial charge < -0.3 is 10.1 Å². The standard InChI is InChI=1S/C26H27BClN5O4S/c1-37-26(34)19-9-3-5-11-23(19)38(35,36)32-12-6-7-17(16-32)14-29-24-13-22(18-8-2-4-10-21(18)28)31-25-20(27)15-30-33(24)25/h2-5,8-11,13,15,17,29H,6-7,12,14,16,27H2,1H3. The molecule has 1 N–H and O–H groups in total. The monoisotopic (exact) mass is 551 g/mol. The zero-order valence-corrected chi connectivity index (χ0v) is 22.7. The first-order valence-electron chi connectivity index (χ1n) is 12.3. The number of carbonyl (C=O) groups excluding carboxylic acids is 1. The van der Waals surface area contributed by atoms with E-state index >= 15 is 0 Å². The third kappa shape index (κ3) is 5.01. The van der Waals surface area contributed by atoms with Crippen LogP contribution in [0.5, 0.6) is 0 Å². The van der Waals surface area contributed by atoms with Crippen LogP contribution >= 0.6 is 11.6 Å². The molecule has 5 rings (SSSR count). The number of halogens is 1. The number of ether oxygens (including phenoxy) is 1. The van der Waals surface area contributed by atoms with Gasteiger partial charge in [0.25, 0.3) is 0 Å². The van der Waals surface area contributed by atoms with Crippen molar-refractivity contribution in [1.82, 2.24) is 18.9 Å². The van der Waals surface area contributed by atoms with Gasteiger partial charge in [0.1, 0.15) is 13.7 Å². The summed E-state index contributed by atoms with van der Waals surface area (Å²) in [5.74, 6) is 0.117. The third-order valence-electron chi connectivity index (χ3n) is 6.76. The van der Waals surface area contributed by atoms with E-state index in [0.29, 0.717) is 31.1 Å². The van der Waals surface area contributed by atoms with Gasteiger partial charge >= 0.3 is 5.97 Å². The fourth-order valence-electron chi connectivity index (χ4n) is 4.78. The first-order valence-corrected chi connectivity index (χ1v) is 14.1. The van der Waals surface area contributed by atoms with E-state index < -0.39 is 16.0 Å². The smallest absolute Gasteiger partial charge is 0.339 e. The fourth-order valence-corrected chi connectivity index (χ4v) is 6.74. The molecule has 0 saturated carbocycles. The van der Waals surface area contributed by atoms with Crippen molar-refractivity contribution in [3.05, 3.63) is 71.4 Å². The number of hydrogen-bond donors (Lipinski definition) is 1. The van der Waals surface area contributed by atoms with Crippen LogP contribution in [-0.2, 0) is 14.8 Å². The molecular formula is C26H27BClN5O4S. The highest BCUT2D eigenvalue weighted by Crippen LogP contribution is 2.30. The summed E-state index contributed by atoms with van der Waals surface area (Å²) in [5, 5.41) is 8.55. The van der Waals surface area contributed by atoms with E-state index in [2.05, 4.69) is 10.4 Å². The summed E-state index contributed by atoms with van der Waals surface area (Å²) in [6, 6.07) is 15.6. The number of sulfonamides is 1. The number of benzene rings is 2. The molecule has 196 valence electrons. The Labute approximate surface area is 227 Å². The minimum atomic E-state index is -3.88. The van der Waals surface area contributed by atoms with Gasteiger partial charge in [-0.2, -0.15) is 13.9 Å². The lowest BCUT2D eigenvalue weighted by Gasteiger charge is -2.32. The van der Waals surface area contributed by atoms with Gasteiger partial charge in [-0.05, 0) is 42.4 Å². The summed E-state index contributed by atoms with van der Waals surface area (Å²) in [7, 11) is -0.691. The predicted molar refractivity (Wildman–Crippen MR) is 149 cm³/mol. The van der Waals surface area contributed by atoms with Crippen molar-refractivity contribution >= 4 is 52.4 Å². The molecule has 38 heavy (non-hydrogen) atoms. The summed E-state index contributed by atoms with van der Waals surface area (Å²) < 4.78 is 35.1. The zero-order chi connectivity index (χ0) is 26.9. The van der Waals surface area contributed by atoms with Crippen LogP contribution in [0.3, 0.4) is 0 Å². The van der Waals surface area contributed by atoms with Crippen molar-refractivity contribution in [2.75, 3.05) is 32.1 Å². The largest absolute Gasteiger partial charge is 0.465 e.